The van der Waals surface area contributed by atoms with E-state index in [0.717, 1.165) is 26.1 Å². The van der Waals surface area contributed by atoms with Crippen LogP contribution in [0.2, 0.25) is 0 Å². The molecular weight excluding hydrogens is 228 g/mol. The number of aromatic nitrogens is 1. The van der Waals surface area contributed by atoms with Crippen LogP contribution in [0.1, 0.15) is 23.8 Å². The molecule has 5 heteroatoms. The second-order valence-corrected chi connectivity index (χ2v) is 4.71. The van der Waals surface area contributed by atoms with Gasteiger partial charge in [0.05, 0.1) is 0 Å². The highest BCUT2D eigenvalue weighted by Gasteiger charge is 2.21. The molecule has 2 heterocycles. The van der Waals surface area contributed by atoms with E-state index in [0.29, 0.717) is 24.0 Å². The minimum absolute atomic E-state index is 0.141. The summed E-state index contributed by atoms with van der Waals surface area (Å²) in [5.74, 6) is 0.785. The van der Waals surface area contributed by atoms with Gasteiger partial charge in [-0.3, -0.25) is 4.79 Å². The van der Waals surface area contributed by atoms with Crippen LogP contribution in [0.25, 0.3) is 0 Å². The maximum atomic E-state index is 11.9. The highest BCUT2D eigenvalue weighted by molar-refractivity contribution is 5.92. The topological polar surface area (TPSA) is 71.2 Å². The van der Waals surface area contributed by atoms with Crippen molar-refractivity contribution in [2.75, 3.05) is 31.9 Å². The molecule has 0 aromatic carbocycles. The van der Waals surface area contributed by atoms with Gasteiger partial charge in [0, 0.05) is 13.1 Å². The zero-order valence-electron chi connectivity index (χ0n) is 10.7. The van der Waals surface area contributed by atoms with Crippen LogP contribution in [0.3, 0.4) is 0 Å². The van der Waals surface area contributed by atoms with Gasteiger partial charge in [-0.05, 0) is 37.6 Å². The molecule has 1 saturated heterocycles. The Hall–Kier alpha value is -1.62. The normalized spacial score (nSPS) is 19.9. The molecule has 1 unspecified atom stereocenters. The molecule has 1 aliphatic heterocycles. The average Bonchev–Trinajstić information content (AvgIpc) is 2.84. The molecule has 1 aromatic rings. The largest absolute Gasteiger partial charge is 0.384 e. The highest BCUT2D eigenvalue weighted by atomic mass is 16.1. The average molecular weight is 248 g/mol. The number of anilines is 1. The van der Waals surface area contributed by atoms with Crippen molar-refractivity contribution in [1.29, 1.82) is 0 Å². The number of nitrogens with one attached hydrogen (secondary N) is 1. The van der Waals surface area contributed by atoms with Gasteiger partial charge in [-0.25, -0.2) is 4.98 Å². The molecule has 1 aromatic heterocycles. The lowest BCUT2D eigenvalue weighted by molar-refractivity contribution is 0.0942. The first kappa shape index (κ1) is 12.8. The summed E-state index contributed by atoms with van der Waals surface area (Å²) in [5.41, 5.74) is 5.94. The van der Waals surface area contributed by atoms with Gasteiger partial charge < -0.3 is 16.0 Å². The SMILES string of the molecule is CCN1CCC(CNC(=O)c2cccc(N)n2)C1. The Morgan fingerprint density at radius 3 is 3.11 bits per heavy atom. The predicted molar refractivity (Wildman–Crippen MR) is 71.2 cm³/mol. The fraction of sp³-hybridized carbons (Fsp3) is 0.538. The Balaban J connectivity index is 1.82. The maximum Gasteiger partial charge on any atom is 0.269 e. The number of nitrogen functional groups attached to an aromatic ring is 1. The molecular formula is C13H20N4O. The molecule has 0 bridgehead atoms. The number of likely N-dealkylation sites (tertiary alicyclic amines) is 1. The number of rotatable bonds is 4. The molecule has 0 aliphatic carbocycles. The number of hydrogen-bond donors (Lipinski definition) is 2. The monoisotopic (exact) mass is 248 g/mol. The number of hydrogen-bond acceptors (Lipinski definition) is 4. The Labute approximate surface area is 107 Å². The Morgan fingerprint density at radius 2 is 2.44 bits per heavy atom. The molecule has 2 rings (SSSR count). The lowest BCUT2D eigenvalue weighted by Gasteiger charge is -2.13. The van der Waals surface area contributed by atoms with Crippen LogP contribution in [-0.4, -0.2) is 42.0 Å². The van der Waals surface area contributed by atoms with Gasteiger partial charge in [-0.1, -0.05) is 13.0 Å². The van der Waals surface area contributed by atoms with Gasteiger partial charge >= 0.3 is 0 Å². The van der Waals surface area contributed by atoms with Crippen LogP contribution in [0.15, 0.2) is 18.2 Å². The standard InChI is InChI=1S/C13H20N4O/c1-2-17-7-6-10(9-17)8-15-13(18)11-4-3-5-12(14)16-11/h3-5,10H,2,6-9H2,1H3,(H2,14,16)(H,15,18). The minimum atomic E-state index is -0.141. The van der Waals surface area contributed by atoms with Gasteiger partial charge in [0.15, 0.2) is 0 Å². The van der Waals surface area contributed by atoms with E-state index < -0.39 is 0 Å². The van der Waals surface area contributed by atoms with Crippen molar-refractivity contribution in [3.8, 4) is 0 Å². The van der Waals surface area contributed by atoms with E-state index in [1.54, 1.807) is 18.2 Å². The van der Waals surface area contributed by atoms with Gasteiger partial charge in [-0.2, -0.15) is 0 Å². The first-order chi connectivity index (χ1) is 8.69. The van der Waals surface area contributed by atoms with Crippen molar-refractivity contribution < 1.29 is 4.79 Å². The second-order valence-electron chi connectivity index (χ2n) is 4.71. The third-order valence-corrected chi connectivity index (χ3v) is 3.37. The molecule has 1 amide bonds. The van der Waals surface area contributed by atoms with E-state index >= 15 is 0 Å². The van der Waals surface area contributed by atoms with Crippen LogP contribution in [0.5, 0.6) is 0 Å². The van der Waals surface area contributed by atoms with E-state index in [2.05, 4.69) is 22.1 Å². The molecule has 3 N–H and O–H groups in total. The quantitative estimate of drug-likeness (QED) is 0.824. The minimum Gasteiger partial charge on any atom is -0.384 e. The molecule has 0 radical (unpaired) electrons. The predicted octanol–water partition coefficient (Wildman–Crippen LogP) is 0.735. The second kappa shape index (κ2) is 5.82. The smallest absolute Gasteiger partial charge is 0.269 e. The number of nitrogens with zero attached hydrogens (tertiary/aromatic N) is 2. The number of nitrogens with two attached hydrogens (primary N) is 1. The lowest BCUT2D eigenvalue weighted by Crippen LogP contribution is -2.31. The van der Waals surface area contributed by atoms with Crippen LogP contribution in [0, 0.1) is 5.92 Å². The summed E-state index contributed by atoms with van der Waals surface area (Å²) >= 11 is 0. The Kier molecular flexibility index (Phi) is 4.15. The van der Waals surface area contributed by atoms with Gasteiger partial charge in [0.2, 0.25) is 0 Å². The van der Waals surface area contributed by atoms with Crippen molar-refractivity contribution in [3.05, 3.63) is 23.9 Å². The summed E-state index contributed by atoms with van der Waals surface area (Å²) in [6.07, 6.45) is 1.15. The summed E-state index contributed by atoms with van der Waals surface area (Å²) in [5, 5.41) is 2.93. The van der Waals surface area contributed by atoms with E-state index in [-0.39, 0.29) is 5.91 Å². The molecule has 98 valence electrons. The van der Waals surface area contributed by atoms with Gasteiger partial charge in [-0.15, -0.1) is 0 Å². The summed E-state index contributed by atoms with van der Waals surface area (Å²) in [4.78, 5) is 18.3. The van der Waals surface area contributed by atoms with Gasteiger partial charge in [0.1, 0.15) is 11.5 Å². The maximum absolute atomic E-state index is 11.9. The Morgan fingerprint density at radius 1 is 1.61 bits per heavy atom. The molecule has 0 spiro atoms. The zero-order chi connectivity index (χ0) is 13.0. The first-order valence-electron chi connectivity index (χ1n) is 6.42. The van der Waals surface area contributed by atoms with E-state index in [1.807, 2.05) is 0 Å². The fourth-order valence-corrected chi connectivity index (χ4v) is 2.27. The first-order valence-corrected chi connectivity index (χ1v) is 6.42. The molecule has 5 nitrogen and oxygen atoms in total. The van der Waals surface area contributed by atoms with Crippen molar-refractivity contribution >= 4 is 11.7 Å². The van der Waals surface area contributed by atoms with Gasteiger partial charge in [0.25, 0.3) is 5.91 Å². The number of amides is 1. The summed E-state index contributed by atoms with van der Waals surface area (Å²) in [6, 6.07) is 5.09. The van der Waals surface area contributed by atoms with Crippen LogP contribution >= 0.6 is 0 Å². The fourth-order valence-electron chi connectivity index (χ4n) is 2.27. The molecule has 18 heavy (non-hydrogen) atoms. The summed E-state index contributed by atoms with van der Waals surface area (Å²) in [6.45, 7) is 6.17. The van der Waals surface area contributed by atoms with Crippen LogP contribution in [0.4, 0.5) is 5.82 Å². The van der Waals surface area contributed by atoms with E-state index in [4.69, 9.17) is 5.73 Å². The number of pyridine rings is 1. The lowest BCUT2D eigenvalue weighted by atomic mass is 10.1. The highest BCUT2D eigenvalue weighted by Crippen LogP contribution is 2.14. The number of carbonyl (C=O) groups is 1. The molecule has 0 saturated carbocycles. The van der Waals surface area contributed by atoms with Crippen molar-refractivity contribution in [1.82, 2.24) is 15.2 Å². The summed E-state index contributed by atoms with van der Waals surface area (Å²) in [7, 11) is 0. The summed E-state index contributed by atoms with van der Waals surface area (Å²) < 4.78 is 0. The van der Waals surface area contributed by atoms with Crippen LogP contribution in [-0.2, 0) is 0 Å². The molecule has 1 atom stereocenters. The van der Waals surface area contributed by atoms with E-state index in [1.165, 1.54) is 0 Å². The van der Waals surface area contributed by atoms with Crippen molar-refractivity contribution in [3.63, 3.8) is 0 Å². The van der Waals surface area contributed by atoms with Crippen molar-refractivity contribution in [2.45, 2.75) is 13.3 Å². The third-order valence-electron chi connectivity index (χ3n) is 3.37. The van der Waals surface area contributed by atoms with Crippen LogP contribution < -0.4 is 11.1 Å². The number of carbonyl (C=O) groups excluding carboxylic acids is 1. The zero-order valence-corrected chi connectivity index (χ0v) is 10.7. The van der Waals surface area contributed by atoms with E-state index in [9.17, 15) is 4.79 Å². The molecule has 1 fully saturated rings. The van der Waals surface area contributed by atoms with Crippen molar-refractivity contribution in [2.24, 2.45) is 5.92 Å². The Bertz CT molecular complexity index is 421. The molecule has 1 aliphatic rings. The third kappa shape index (κ3) is 3.20.